The summed E-state index contributed by atoms with van der Waals surface area (Å²) in [6.45, 7) is 0.440. The van der Waals surface area contributed by atoms with Gasteiger partial charge in [0.05, 0.1) is 18.0 Å². The van der Waals surface area contributed by atoms with E-state index in [-0.39, 0.29) is 6.04 Å². The third-order valence-electron chi connectivity index (χ3n) is 5.15. The Morgan fingerprint density at radius 1 is 1.07 bits per heavy atom. The molecule has 0 amide bonds. The van der Waals surface area contributed by atoms with Crippen LogP contribution in [0.25, 0.3) is 0 Å². The summed E-state index contributed by atoms with van der Waals surface area (Å²) in [6.07, 6.45) is 1.35. The molecular formula is C20H23NO5S. The summed E-state index contributed by atoms with van der Waals surface area (Å²) in [4.78, 5) is 2.08. The van der Waals surface area contributed by atoms with Crippen molar-refractivity contribution in [2.45, 2.75) is 44.1 Å². The summed E-state index contributed by atoms with van der Waals surface area (Å²) < 4.78 is 34.4. The summed E-state index contributed by atoms with van der Waals surface area (Å²) in [5, 5.41) is 11.0. The van der Waals surface area contributed by atoms with Crippen molar-refractivity contribution in [1.29, 1.82) is 0 Å². The second kappa shape index (κ2) is 7.14. The largest absolute Gasteiger partial charge is 0.487 e. The van der Waals surface area contributed by atoms with E-state index in [1.807, 2.05) is 48.5 Å². The number of para-hydroxylation sites is 3. The van der Waals surface area contributed by atoms with Gasteiger partial charge in [-0.2, -0.15) is 8.42 Å². The lowest BCUT2D eigenvalue weighted by Gasteiger charge is -2.42. The van der Waals surface area contributed by atoms with E-state index in [1.54, 1.807) is 0 Å². The number of nitrogens with zero attached hydrogens (tertiary/aromatic N) is 1. The van der Waals surface area contributed by atoms with E-state index in [0.717, 1.165) is 41.8 Å². The van der Waals surface area contributed by atoms with Gasteiger partial charge in [-0.3, -0.25) is 4.18 Å². The van der Waals surface area contributed by atoms with Gasteiger partial charge < -0.3 is 14.7 Å². The van der Waals surface area contributed by atoms with E-state index < -0.39 is 22.3 Å². The number of benzene rings is 2. The van der Waals surface area contributed by atoms with E-state index in [1.165, 1.54) is 0 Å². The second-order valence-electron chi connectivity index (χ2n) is 7.08. The summed E-state index contributed by atoms with van der Waals surface area (Å²) in [6, 6.07) is 15.3. The lowest BCUT2D eigenvalue weighted by molar-refractivity contribution is -0.00195. The molecule has 4 rings (SSSR count). The fourth-order valence-electron chi connectivity index (χ4n) is 4.02. The number of hydrogen-bond acceptors (Lipinski definition) is 6. The van der Waals surface area contributed by atoms with Crippen LogP contribution in [-0.2, 0) is 20.9 Å². The van der Waals surface area contributed by atoms with Crippen molar-refractivity contribution in [3.05, 3.63) is 54.1 Å². The quantitative estimate of drug-likeness (QED) is 0.814. The molecule has 1 fully saturated rings. The fraction of sp³-hybridized carbons (Fsp3) is 0.400. The van der Waals surface area contributed by atoms with E-state index in [4.69, 9.17) is 8.92 Å². The maximum Gasteiger partial charge on any atom is 0.264 e. The summed E-state index contributed by atoms with van der Waals surface area (Å²) in [7, 11) is -3.64. The molecule has 2 aromatic carbocycles. The first kappa shape index (κ1) is 18.3. The van der Waals surface area contributed by atoms with Crippen LogP contribution in [0.5, 0.6) is 5.75 Å². The van der Waals surface area contributed by atoms with Gasteiger partial charge in [-0.1, -0.05) is 30.3 Å². The van der Waals surface area contributed by atoms with Gasteiger partial charge in [-0.15, -0.1) is 0 Å². The van der Waals surface area contributed by atoms with Crippen molar-refractivity contribution in [3.63, 3.8) is 0 Å². The molecule has 0 aromatic heterocycles. The second-order valence-corrected chi connectivity index (χ2v) is 8.68. The molecule has 1 aliphatic carbocycles. The zero-order chi connectivity index (χ0) is 19.0. The van der Waals surface area contributed by atoms with Crippen molar-refractivity contribution in [1.82, 2.24) is 0 Å². The molecule has 2 aromatic rings. The summed E-state index contributed by atoms with van der Waals surface area (Å²) in [5.41, 5.74) is 2.85. The smallest absolute Gasteiger partial charge is 0.264 e. The summed E-state index contributed by atoms with van der Waals surface area (Å²) in [5.74, 6) is 0.743. The SMILES string of the molecule is CS(=O)(=O)OC1CCCC(N2c3ccccc3COc3ccccc32)C1O. The van der Waals surface area contributed by atoms with Gasteiger partial charge in [0.25, 0.3) is 10.1 Å². The molecule has 2 aliphatic rings. The zero-order valence-electron chi connectivity index (χ0n) is 15.1. The first-order chi connectivity index (χ1) is 12.9. The number of aliphatic hydroxyl groups excluding tert-OH is 1. The van der Waals surface area contributed by atoms with Gasteiger partial charge in [0.15, 0.2) is 0 Å². The average Bonchev–Trinajstić information content (AvgIpc) is 2.80. The molecule has 3 unspecified atom stereocenters. The van der Waals surface area contributed by atoms with Crippen LogP contribution in [0.15, 0.2) is 48.5 Å². The molecule has 144 valence electrons. The molecule has 1 N–H and O–H groups in total. The molecule has 0 bridgehead atoms. The van der Waals surface area contributed by atoms with Gasteiger partial charge in [-0.05, 0) is 37.5 Å². The van der Waals surface area contributed by atoms with E-state index >= 15 is 0 Å². The Balaban J connectivity index is 1.78. The number of hydrogen-bond donors (Lipinski definition) is 1. The Morgan fingerprint density at radius 3 is 2.56 bits per heavy atom. The minimum atomic E-state index is -3.64. The van der Waals surface area contributed by atoms with Crippen molar-refractivity contribution >= 4 is 21.5 Å². The predicted octanol–water partition coefficient (Wildman–Crippen LogP) is 2.98. The van der Waals surface area contributed by atoms with Crippen molar-refractivity contribution in [2.75, 3.05) is 11.2 Å². The Kier molecular flexibility index (Phi) is 4.84. The molecule has 1 heterocycles. The zero-order valence-corrected chi connectivity index (χ0v) is 15.9. The first-order valence-corrected chi connectivity index (χ1v) is 10.9. The fourth-order valence-corrected chi connectivity index (χ4v) is 4.68. The molecule has 27 heavy (non-hydrogen) atoms. The average molecular weight is 389 g/mol. The minimum Gasteiger partial charge on any atom is -0.487 e. The third-order valence-corrected chi connectivity index (χ3v) is 5.75. The maximum atomic E-state index is 11.6. The summed E-state index contributed by atoms with van der Waals surface area (Å²) >= 11 is 0. The molecule has 0 spiro atoms. The van der Waals surface area contributed by atoms with Crippen LogP contribution in [-0.4, -0.2) is 38.0 Å². The lowest BCUT2D eigenvalue weighted by Crippen LogP contribution is -2.51. The van der Waals surface area contributed by atoms with Crippen LogP contribution in [0.3, 0.4) is 0 Å². The Labute approximate surface area is 159 Å². The van der Waals surface area contributed by atoms with Gasteiger partial charge in [0.1, 0.15) is 24.6 Å². The Hall–Kier alpha value is -2.09. The predicted molar refractivity (Wildman–Crippen MR) is 103 cm³/mol. The number of fused-ring (bicyclic) bond motifs is 2. The van der Waals surface area contributed by atoms with Gasteiger partial charge >= 0.3 is 0 Å². The van der Waals surface area contributed by atoms with Crippen LogP contribution >= 0.6 is 0 Å². The van der Waals surface area contributed by atoms with Gasteiger partial charge in [0.2, 0.25) is 0 Å². The standard InChI is InChI=1S/C20H23NO5S/c1-27(23,24)26-19-12-6-10-17(20(19)22)21-15-8-3-2-7-14(15)13-25-18-11-5-4-9-16(18)21/h2-5,7-9,11,17,19-20,22H,6,10,12-13H2,1H3. The van der Waals surface area contributed by atoms with Crippen molar-refractivity contribution in [3.8, 4) is 5.75 Å². The number of aliphatic hydroxyl groups is 1. The molecule has 1 saturated carbocycles. The van der Waals surface area contributed by atoms with E-state index in [9.17, 15) is 13.5 Å². The molecule has 1 aliphatic heterocycles. The molecule has 7 heteroatoms. The Morgan fingerprint density at radius 2 is 1.78 bits per heavy atom. The van der Waals surface area contributed by atoms with Crippen LogP contribution < -0.4 is 9.64 Å². The molecule has 6 nitrogen and oxygen atoms in total. The number of anilines is 2. The lowest BCUT2D eigenvalue weighted by atomic mass is 9.88. The highest BCUT2D eigenvalue weighted by Crippen LogP contribution is 2.43. The highest BCUT2D eigenvalue weighted by atomic mass is 32.2. The normalized spacial score (nSPS) is 25.1. The molecule has 0 saturated heterocycles. The maximum absolute atomic E-state index is 11.6. The van der Waals surface area contributed by atoms with Crippen LogP contribution in [0.2, 0.25) is 0 Å². The number of rotatable bonds is 3. The minimum absolute atomic E-state index is 0.311. The highest BCUT2D eigenvalue weighted by Gasteiger charge is 2.40. The van der Waals surface area contributed by atoms with Crippen molar-refractivity contribution in [2.24, 2.45) is 0 Å². The third kappa shape index (κ3) is 3.67. The van der Waals surface area contributed by atoms with E-state index in [0.29, 0.717) is 13.0 Å². The molecular weight excluding hydrogens is 366 g/mol. The topological polar surface area (TPSA) is 76.1 Å². The Bertz CT molecular complexity index is 882. The number of ether oxygens (including phenoxy) is 1. The monoisotopic (exact) mass is 389 g/mol. The molecule has 3 atom stereocenters. The first-order valence-electron chi connectivity index (χ1n) is 9.09. The van der Waals surface area contributed by atoms with Gasteiger partial charge in [-0.25, -0.2) is 0 Å². The van der Waals surface area contributed by atoms with Crippen molar-refractivity contribution < 1.29 is 22.4 Å². The van der Waals surface area contributed by atoms with Crippen LogP contribution in [0.4, 0.5) is 11.4 Å². The van der Waals surface area contributed by atoms with Gasteiger partial charge in [0, 0.05) is 11.3 Å². The van der Waals surface area contributed by atoms with E-state index in [2.05, 4.69) is 4.90 Å². The van der Waals surface area contributed by atoms with Crippen LogP contribution in [0.1, 0.15) is 24.8 Å². The molecule has 0 radical (unpaired) electrons. The highest BCUT2D eigenvalue weighted by molar-refractivity contribution is 7.86. The van der Waals surface area contributed by atoms with Crippen LogP contribution in [0, 0.1) is 0 Å².